The molecular formula is C18H18N2O4. The SMILES string of the molecule is COc1ccccc1/C=C/C(=O)NNC(=O)COc1ccccc1. The van der Waals surface area contributed by atoms with Gasteiger partial charge in [-0.3, -0.25) is 20.4 Å². The minimum Gasteiger partial charge on any atom is -0.496 e. The van der Waals surface area contributed by atoms with Gasteiger partial charge in [0.2, 0.25) is 0 Å². The van der Waals surface area contributed by atoms with Crippen LogP contribution in [0, 0.1) is 0 Å². The number of amides is 2. The van der Waals surface area contributed by atoms with Gasteiger partial charge in [-0.15, -0.1) is 0 Å². The van der Waals surface area contributed by atoms with E-state index in [-0.39, 0.29) is 6.61 Å². The molecule has 6 heteroatoms. The van der Waals surface area contributed by atoms with Crippen molar-refractivity contribution >= 4 is 17.9 Å². The molecule has 0 aliphatic carbocycles. The number of carbonyl (C=O) groups excluding carboxylic acids is 2. The number of hydrogen-bond donors (Lipinski definition) is 2. The average Bonchev–Trinajstić information content (AvgIpc) is 2.64. The lowest BCUT2D eigenvalue weighted by Crippen LogP contribution is -2.43. The number of nitrogens with one attached hydrogen (secondary N) is 2. The predicted molar refractivity (Wildman–Crippen MR) is 90.3 cm³/mol. The number of hydrogen-bond acceptors (Lipinski definition) is 4. The van der Waals surface area contributed by atoms with Crippen molar-refractivity contribution < 1.29 is 19.1 Å². The fraction of sp³-hybridized carbons (Fsp3) is 0.111. The van der Waals surface area contributed by atoms with Crippen LogP contribution in [0.4, 0.5) is 0 Å². The highest BCUT2D eigenvalue weighted by atomic mass is 16.5. The first kappa shape index (κ1) is 17.1. The first-order valence-corrected chi connectivity index (χ1v) is 7.27. The van der Waals surface area contributed by atoms with Crippen molar-refractivity contribution in [2.45, 2.75) is 0 Å². The maximum absolute atomic E-state index is 11.7. The second-order valence-electron chi connectivity index (χ2n) is 4.71. The van der Waals surface area contributed by atoms with Gasteiger partial charge in [0.05, 0.1) is 7.11 Å². The molecule has 0 saturated heterocycles. The summed E-state index contributed by atoms with van der Waals surface area (Å²) in [5.41, 5.74) is 5.31. The molecule has 0 atom stereocenters. The maximum Gasteiger partial charge on any atom is 0.276 e. The minimum atomic E-state index is -0.464. The van der Waals surface area contributed by atoms with Crippen LogP contribution in [0.5, 0.6) is 11.5 Å². The van der Waals surface area contributed by atoms with E-state index < -0.39 is 11.8 Å². The van der Waals surface area contributed by atoms with Crippen LogP contribution < -0.4 is 20.3 Å². The molecule has 0 aliphatic heterocycles. The van der Waals surface area contributed by atoms with Crippen molar-refractivity contribution in [1.29, 1.82) is 0 Å². The molecule has 0 aromatic heterocycles. The molecule has 0 bridgehead atoms. The van der Waals surface area contributed by atoms with Crippen LogP contribution >= 0.6 is 0 Å². The topological polar surface area (TPSA) is 76.7 Å². The number of para-hydroxylation sites is 2. The summed E-state index contributed by atoms with van der Waals surface area (Å²) < 4.78 is 10.4. The molecule has 0 spiro atoms. The van der Waals surface area contributed by atoms with Crippen LogP contribution in [0.2, 0.25) is 0 Å². The van der Waals surface area contributed by atoms with Crippen molar-refractivity contribution in [2.75, 3.05) is 13.7 Å². The summed E-state index contributed by atoms with van der Waals surface area (Å²) in [6.45, 7) is -0.194. The summed E-state index contributed by atoms with van der Waals surface area (Å²) >= 11 is 0. The quantitative estimate of drug-likeness (QED) is 0.628. The van der Waals surface area contributed by atoms with Gasteiger partial charge in [0, 0.05) is 11.6 Å². The van der Waals surface area contributed by atoms with Gasteiger partial charge in [0.1, 0.15) is 11.5 Å². The summed E-state index contributed by atoms with van der Waals surface area (Å²) in [6.07, 6.45) is 2.90. The zero-order chi connectivity index (χ0) is 17.2. The summed E-state index contributed by atoms with van der Waals surface area (Å²) in [7, 11) is 1.56. The van der Waals surface area contributed by atoms with E-state index in [9.17, 15) is 9.59 Å². The van der Waals surface area contributed by atoms with E-state index >= 15 is 0 Å². The lowest BCUT2D eigenvalue weighted by Gasteiger charge is -2.07. The van der Waals surface area contributed by atoms with Gasteiger partial charge < -0.3 is 9.47 Å². The van der Waals surface area contributed by atoms with Gasteiger partial charge in [0.15, 0.2) is 6.61 Å². The molecular weight excluding hydrogens is 308 g/mol. The largest absolute Gasteiger partial charge is 0.496 e. The third-order valence-corrected chi connectivity index (χ3v) is 2.99. The van der Waals surface area contributed by atoms with Crippen molar-refractivity contribution in [2.24, 2.45) is 0 Å². The minimum absolute atomic E-state index is 0.194. The first-order valence-electron chi connectivity index (χ1n) is 7.27. The Labute approximate surface area is 140 Å². The number of methoxy groups -OCH3 is 1. The second-order valence-corrected chi connectivity index (χ2v) is 4.71. The smallest absolute Gasteiger partial charge is 0.276 e. The number of hydrazine groups is 1. The van der Waals surface area contributed by atoms with E-state index in [0.29, 0.717) is 11.5 Å². The third kappa shape index (κ3) is 5.49. The summed E-state index contributed by atoms with van der Waals surface area (Å²) in [5.74, 6) is 0.309. The van der Waals surface area contributed by atoms with Gasteiger partial charge in [-0.1, -0.05) is 36.4 Å². The molecule has 2 aromatic carbocycles. The van der Waals surface area contributed by atoms with Gasteiger partial charge >= 0.3 is 0 Å². The molecule has 2 amide bonds. The van der Waals surface area contributed by atoms with E-state index in [0.717, 1.165) is 5.56 Å². The van der Waals surface area contributed by atoms with E-state index in [1.54, 1.807) is 43.5 Å². The van der Waals surface area contributed by atoms with Gasteiger partial charge in [-0.2, -0.15) is 0 Å². The van der Waals surface area contributed by atoms with Gasteiger partial charge in [-0.25, -0.2) is 0 Å². The highest BCUT2D eigenvalue weighted by Gasteiger charge is 2.04. The van der Waals surface area contributed by atoms with Crippen molar-refractivity contribution in [1.82, 2.24) is 10.9 Å². The average molecular weight is 326 g/mol. The predicted octanol–water partition coefficient (Wildman–Crippen LogP) is 1.93. The van der Waals surface area contributed by atoms with Gasteiger partial charge in [-0.05, 0) is 24.3 Å². The van der Waals surface area contributed by atoms with Crippen molar-refractivity contribution in [3.63, 3.8) is 0 Å². The first-order chi connectivity index (χ1) is 11.7. The molecule has 124 valence electrons. The number of benzene rings is 2. The Balaban J connectivity index is 1.76. The van der Waals surface area contributed by atoms with Crippen LogP contribution in [-0.2, 0) is 9.59 Å². The zero-order valence-corrected chi connectivity index (χ0v) is 13.2. The number of rotatable bonds is 6. The zero-order valence-electron chi connectivity index (χ0n) is 13.2. The van der Waals surface area contributed by atoms with Crippen LogP contribution in [0.15, 0.2) is 60.7 Å². The Morgan fingerprint density at radius 2 is 1.71 bits per heavy atom. The molecule has 0 radical (unpaired) electrons. The normalized spacial score (nSPS) is 10.2. The molecule has 0 fully saturated rings. The number of carbonyl (C=O) groups is 2. The third-order valence-electron chi connectivity index (χ3n) is 2.99. The Kier molecular flexibility index (Phi) is 6.40. The fourth-order valence-corrected chi connectivity index (χ4v) is 1.84. The highest BCUT2D eigenvalue weighted by molar-refractivity contribution is 5.93. The van der Waals surface area contributed by atoms with E-state index in [4.69, 9.17) is 9.47 Å². The Hall–Kier alpha value is -3.28. The molecule has 2 aromatic rings. The molecule has 0 heterocycles. The fourth-order valence-electron chi connectivity index (χ4n) is 1.84. The Morgan fingerprint density at radius 3 is 2.46 bits per heavy atom. The number of ether oxygens (including phenoxy) is 2. The summed E-state index contributed by atoms with van der Waals surface area (Å²) in [4.78, 5) is 23.3. The standard InChI is InChI=1S/C18H18N2O4/c1-23-16-10-6-5-7-14(16)11-12-17(21)19-20-18(22)13-24-15-8-3-2-4-9-15/h2-12H,13H2,1H3,(H,19,21)(H,20,22)/b12-11+. The Bertz CT molecular complexity index is 714. The van der Waals surface area contributed by atoms with Crippen LogP contribution in [0.3, 0.4) is 0 Å². The van der Waals surface area contributed by atoms with Crippen molar-refractivity contribution in [3.8, 4) is 11.5 Å². The lowest BCUT2D eigenvalue weighted by molar-refractivity contribution is -0.128. The molecule has 0 saturated carbocycles. The van der Waals surface area contributed by atoms with E-state index in [1.165, 1.54) is 6.08 Å². The Morgan fingerprint density at radius 1 is 1.00 bits per heavy atom. The highest BCUT2D eigenvalue weighted by Crippen LogP contribution is 2.18. The molecule has 0 unspecified atom stereocenters. The summed E-state index contributed by atoms with van der Waals surface area (Å²) in [6, 6.07) is 16.2. The van der Waals surface area contributed by atoms with Crippen LogP contribution in [0.1, 0.15) is 5.56 Å². The molecule has 0 aliphatic rings. The summed E-state index contributed by atoms with van der Waals surface area (Å²) in [5, 5.41) is 0. The molecule has 2 rings (SSSR count). The second kappa shape index (κ2) is 8.99. The molecule has 6 nitrogen and oxygen atoms in total. The molecule has 24 heavy (non-hydrogen) atoms. The van der Waals surface area contributed by atoms with Gasteiger partial charge in [0.25, 0.3) is 11.8 Å². The van der Waals surface area contributed by atoms with E-state index in [2.05, 4.69) is 10.9 Å². The monoisotopic (exact) mass is 326 g/mol. The molecule has 2 N–H and O–H groups in total. The van der Waals surface area contributed by atoms with Crippen LogP contribution in [-0.4, -0.2) is 25.5 Å². The van der Waals surface area contributed by atoms with Crippen LogP contribution in [0.25, 0.3) is 6.08 Å². The van der Waals surface area contributed by atoms with Crippen molar-refractivity contribution in [3.05, 3.63) is 66.2 Å². The lowest BCUT2D eigenvalue weighted by atomic mass is 10.2. The van der Waals surface area contributed by atoms with E-state index in [1.807, 2.05) is 24.3 Å². The maximum atomic E-state index is 11.7.